The minimum atomic E-state index is 0.0608. The third-order valence-corrected chi connectivity index (χ3v) is 4.41. The van der Waals surface area contributed by atoms with Gasteiger partial charge in [0.2, 0.25) is 5.91 Å². The summed E-state index contributed by atoms with van der Waals surface area (Å²) in [5.74, 6) is 0.288. The van der Waals surface area contributed by atoms with Crippen molar-refractivity contribution < 1.29 is 14.6 Å². The number of hydrogen-bond donors (Lipinski definition) is 2. The molecule has 0 saturated carbocycles. The first-order valence-corrected chi connectivity index (χ1v) is 6.89. The van der Waals surface area contributed by atoms with Crippen molar-refractivity contribution in [3.63, 3.8) is 0 Å². The predicted octanol–water partition coefficient (Wildman–Crippen LogP) is -0.157. The maximum Gasteiger partial charge on any atom is 0.248 e. The molecule has 1 spiro atoms. The molecule has 0 aromatic carbocycles. The molecule has 2 rings (SSSR count). The van der Waals surface area contributed by atoms with Gasteiger partial charge in [-0.3, -0.25) is 4.79 Å². The average molecular weight is 256 g/mol. The van der Waals surface area contributed by atoms with E-state index in [9.17, 15) is 9.90 Å². The SMILES string of the molecule is CCOCC(=O)N1CC(CO)C2(CCNCC2)C1. The number of nitrogens with one attached hydrogen (secondary N) is 1. The number of ether oxygens (including phenoxy) is 1. The lowest BCUT2D eigenvalue weighted by atomic mass is 9.71. The molecule has 0 aromatic heterocycles. The molecular formula is C13H24N2O3. The second-order valence-corrected chi connectivity index (χ2v) is 5.40. The van der Waals surface area contributed by atoms with Crippen LogP contribution in [0.3, 0.4) is 0 Å². The number of nitrogens with zero attached hydrogens (tertiary/aromatic N) is 1. The highest BCUT2D eigenvalue weighted by atomic mass is 16.5. The fraction of sp³-hybridized carbons (Fsp3) is 0.923. The smallest absolute Gasteiger partial charge is 0.248 e. The lowest BCUT2D eigenvalue weighted by Crippen LogP contribution is -2.43. The van der Waals surface area contributed by atoms with Gasteiger partial charge in [-0.05, 0) is 38.3 Å². The van der Waals surface area contributed by atoms with Gasteiger partial charge in [-0.25, -0.2) is 0 Å². The topological polar surface area (TPSA) is 61.8 Å². The summed E-state index contributed by atoms with van der Waals surface area (Å²) < 4.78 is 5.19. The molecule has 0 aromatic rings. The second-order valence-electron chi connectivity index (χ2n) is 5.40. The van der Waals surface area contributed by atoms with Gasteiger partial charge >= 0.3 is 0 Å². The standard InChI is InChI=1S/C13H24N2O3/c1-2-18-9-12(17)15-7-11(8-16)13(10-15)3-5-14-6-4-13/h11,14,16H,2-10H2,1H3. The highest BCUT2D eigenvalue weighted by molar-refractivity contribution is 5.77. The summed E-state index contributed by atoms with van der Waals surface area (Å²) in [6.45, 7) is 6.25. The van der Waals surface area contributed by atoms with Crippen molar-refractivity contribution in [2.45, 2.75) is 19.8 Å². The van der Waals surface area contributed by atoms with Gasteiger partial charge in [-0.2, -0.15) is 0 Å². The summed E-state index contributed by atoms with van der Waals surface area (Å²) in [5, 5.41) is 12.9. The fourth-order valence-electron chi connectivity index (χ4n) is 3.25. The molecule has 2 aliphatic heterocycles. The van der Waals surface area contributed by atoms with Crippen LogP contribution in [0.2, 0.25) is 0 Å². The number of piperidine rings is 1. The zero-order valence-corrected chi connectivity index (χ0v) is 11.2. The van der Waals surface area contributed by atoms with Crippen molar-refractivity contribution in [2.75, 3.05) is 46.0 Å². The van der Waals surface area contributed by atoms with Crippen LogP contribution < -0.4 is 5.32 Å². The lowest BCUT2D eigenvalue weighted by Gasteiger charge is -2.37. The van der Waals surface area contributed by atoms with E-state index < -0.39 is 0 Å². The van der Waals surface area contributed by atoms with Crippen LogP contribution in [0.1, 0.15) is 19.8 Å². The number of rotatable bonds is 4. The van der Waals surface area contributed by atoms with Crippen molar-refractivity contribution in [2.24, 2.45) is 11.3 Å². The maximum absolute atomic E-state index is 12.0. The Kier molecular flexibility index (Phi) is 4.59. The molecule has 0 radical (unpaired) electrons. The van der Waals surface area contributed by atoms with Gasteiger partial charge in [0.05, 0.1) is 0 Å². The van der Waals surface area contributed by atoms with E-state index in [1.807, 2.05) is 11.8 Å². The zero-order valence-electron chi connectivity index (χ0n) is 11.2. The minimum Gasteiger partial charge on any atom is -0.396 e. The number of aliphatic hydroxyl groups excluding tert-OH is 1. The molecule has 2 N–H and O–H groups in total. The number of aliphatic hydroxyl groups is 1. The van der Waals surface area contributed by atoms with Crippen LogP contribution in [0.5, 0.6) is 0 Å². The van der Waals surface area contributed by atoms with E-state index in [0.717, 1.165) is 32.5 Å². The van der Waals surface area contributed by atoms with Crippen LogP contribution in [0.25, 0.3) is 0 Å². The Balaban J connectivity index is 1.98. The molecule has 2 fully saturated rings. The Morgan fingerprint density at radius 1 is 1.50 bits per heavy atom. The first-order chi connectivity index (χ1) is 8.72. The molecule has 0 bridgehead atoms. The van der Waals surface area contributed by atoms with Gasteiger partial charge in [0.25, 0.3) is 0 Å². The summed E-state index contributed by atoms with van der Waals surface area (Å²) in [6, 6.07) is 0. The second kappa shape index (κ2) is 5.99. The number of hydrogen-bond acceptors (Lipinski definition) is 4. The first kappa shape index (κ1) is 13.8. The number of carbonyl (C=O) groups excluding carboxylic acids is 1. The molecule has 0 aliphatic carbocycles. The van der Waals surface area contributed by atoms with E-state index in [2.05, 4.69) is 5.32 Å². The van der Waals surface area contributed by atoms with Crippen molar-refractivity contribution in [1.82, 2.24) is 10.2 Å². The highest BCUT2D eigenvalue weighted by Crippen LogP contribution is 2.43. The summed E-state index contributed by atoms with van der Waals surface area (Å²) in [4.78, 5) is 13.9. The first-order valence-electron chi connectivity index (χ1n) is 6.89. The van der Waals surface area contributed by atoms with Crippen molar-refractivity contribution in [3.05, 3.63) is 0 Å². The minimum absolute atomic E-state index is 0.0608. The maximum atomic E-state index is 12.0. The van der Waals surface area contributed by atoms with Crippen LogP contribution in [-0.4, -0.2) is 61.9 Å². The lowest BCUT2D eigenvalue weighted by molar-refractivity contribution is -0.135. The molecule has 5 heteroatoms. The third kappa shape index (κ3) is 2.68. The Hall–Kier alpha value is -0.650. The zero-order chi connectivity index (χ0) is 13.0. The summed E-state index contributed by atoms with van der Waals surface area (Å²) in [5.41, 5.74) is 0.127. The molecule has 2 heterocycles. The summed E-state index contributed by atoms with van der Waals surface area (Å²) in [7, 11) is 0. The fourth-order valence-corrected chi connectivity index (χ4v) is 3.25. The average Bonchev–Trinajstić information content (AvgIpc) is 2.75. The van der Waals surface area contributed by atoms with Crippen molar-refractivity contribution >= 4 is 5.91 Å². The molecule has 104 valence electrons. The molecule has 18 heavy (non-hydrogen) atoms. The highest BCUT2D eigenvalue weighted by Gasteiger charge is 2.47. The van der Waals surface area contributed by atoms with Crippen molar-refractivity contribution in [1.29, 1.82) is 0 Å². The molecule has 1 unspecified atom stereocenters. The van der Waals surface area contributed by atoms with Crippen LogP contribution in [-0.2, 0) is 9.53 Å². The van der Waals surface area contributed by atoms with Crippen LogP contribution in [0.4, 0.5) is 0 Å². The third-order valence-electron chi connectivity index (χ3n) is 4.41. The van der Waals surface area contributed by atoms with Gasteiger partial charge in [-0.15, -0.1) is 0 Å². The summed E-state index contributed by atoms with van der Waals surface area (Å²) >= 11 is 0. The molecule has 1 atom stereocenters. The number of amides is 1. The van der Waals surface area contributed by atoms with Gasteiger partial charge in [-0.1, -0.05) is 0 Å². The van der Waals surface area contributed by atoms with Crippen LogP contribution in [0, 0.1) is 11.3 Å². The van der Waals surface area contributed by atoms with E-state index in [1.54, 1.807) is 0 Å². The molecule has 2 saturated heterocycles. The van der Waals surface area contributed by atoms with Gasteiger partial charge in [0.1, 0.15) is 6.61 Å². The number of carbonyl (C=O) groups is 1. The van der Waals surface area contributed by atoms with E-state index in [4.69, 9.17) is 4.74 Å². The van der Waals surface area contributed by atoms with Gasteiger partial charge in [0.15, 0.2) is 0 Å². The Morgan fingerprint density at radius 2 is 2.22 bits per heavy atom. The van der Waals surface area contributed by atoms with E-state index in [0.29, 0.717) is 13.2 Å². The largest absolute Gasteiger partial charge is 0.396 e. The molecular weight excluding hydrogens is 232 g/mol. The normalized spacial score (nSPS) is 26.8. The number of likely N-dealkylation sites (tertiary alicyclic amines) is 1. The monoisotopic (exact) mass is 256 g/mol. The predicted molar refractivity (Wildman–Crippen MR) is 68.2 cm³/mol. The van der Waals surface area contributed by atoms with Gasteiger partial charge in [0, 0.05) is 32.2 Å². The quantitative estimate of drug-likeness (QED) is 0.734. The Bertz CT molecular complexity index is 290. The summed E-state index contributed by atoms with van der Waals surface area (Å²) in [6.07, 6.45) is 2.10. The Labute approximate surface area is 108 Å². The van der Waals surface area contributed by atoms with Crippen molar-refractivity contribution in [3.8, 4) is 0 Å². The van der Waals surface area contributed by atoms with Crippen LogP contribution in [0.15, 0.2) is 0 Å². The van der Waals surface area contributed by atoms with Crippen LogP contribution >= 0.6 is 0 Å². The molecule has 2 aliphatic rings. The molecule has 5 nitrogen and oxygen atoms in total. The molecule has 1 amide bonds. The van der Waals surface area contributed by atoms with E-state index in [1.165, 1.54) is 0 Å². The van der Waals surface area contributed by atoms with Gasteiger partial charge < -0.3 is 20.1 Å². The Morgan fingerprint density at radius 3 is 2.83 bits per heavy atom. The van der Waals surface area contributed by atoms with E-state index in [-0.39, 0.29) is 30.5 Å². The van der Waals surface area contributed by atoms with E-state index >= 15 is 0 Å².